The third-order valence-electron chi connectivity index (χ3n) is 4.09. The van der Waals surface area contributed by atoms with Crippen LogP contribution in [0.1, 0.15) is 26.6 Å². The number of nitrogens with one attached hydrogen (secondary N) is 1. The zero-order chi connectivity index (χ0) is 19.2. The molecule has 6 heteroatoms. The predicted octanol–water partition coefficient (Wildman–Crippen LogP) is 5.87. The second-order valence-electron chi connectivity index (χ2n) is 6.12. The topological polar surface area (TPSA) is 55.1 Å². The molecule has 0 unspecified atom stereocenters. The van der Waals surface area contributed by atoms with E-state index in [2.05, 4.69) is 22.4 Å². The highest BCUT2D eigenvalue weighted by Gasteiger charge is 2.17. The van der Waals surface area contributed by atoms with Crippen LogP contribution in [0.2, 0.25) is 0 Å². The number of amides is 1. The second-order valence-corrected chi connectivity index (χ2v) is 8.29. The molecule has 0 atom stereocenters. The van der Waals surface area contributed by atoms with Crippen molar-refractivity contribution in [3.05, 3.63) is 101 Å². The first kappa shape index (κ1) is 18.5. The van der Waals surface area contributed by atoms with E-state index in [-0.39, 0.29) is 5.91 Å². The Labute approximate surface area is 171 Å². The van der Waals surface area contributed by atoms with Crippen LogP contribution in [0.4, 0.5) is 5.13 Å². The van der Waals surface area contributed by atoms with Crippen molar-refractivity contribution in [1.29, 1.82) is 0 Å². The van der Waals surface area contributed by atoms with Gasteiger partial charge in [0.1, 0.15) is 0 Å². The van der Waals surface area contributed by atoms with Crippen LogP contribution in [-0.4, -0.2) is 10.9 Å². The average Bonchev–Trinajstić information content (AvgIpc) is 3.37. The number of furan rings is 1. The van der Waals surface area contributed by atoms with Gasteiger partial charge in [-0.2, -0.15) is 0 Å². The fourth-order valence-electron chi connectivity index (χ4n) is 2.72. The molecule has 28 heavy (non-hydrogen) atoms. The molecule has 0 aliphatic heterocycles. The van der Waals surface area contributed by atoms with Crippen LogP contribution in [0, 0.1) is 0 Å². The zero-order valence-corrected chi connectivity index (χ0v) is 16.6. The highest BCUT2D eigenvalue weighted by atomic mass is 32.2. The normalized spacial score (nSPS) is 10.7. The lowest BCUT2D eigenvalue weighted by atomic mass is 10.1. The number of anilines is 1. The molecule has 140 valence electrons. The van der Waals surface area contributed by atoms with Gasteiger partial charge in [-0.15, -0.1) is 23.1 Å². The van der Waals surface area contributed by atoms with Crippen molar-refractivity contribution in [3.8, 4) is 0 Å². The summed E-state index contributed by atoms with van der Waals surface area (Å²) in [5, 5.41) is 3.43. The van der Waals surface area contributed by atoms with Gasteiger partial charge in [-0.3, -0.25) is 10.1 Å². The molecule has 0 saturated heterocycles. The molecule has 4 aromatic rings. The molecule has 2 heterocycles. The van der Waals surface area contributed by atoms with Gasteiger partial charge in [0.15, 0.2) is 10.9 Å². The molecule has 0 fully saturated rings. The molecule has 0 aliphatic carbocycles. The van der Waals surface area contributed by atoms with E-state index in [1.54, 1.807) is 18.0 Å². The maximum atomic E-state index is 12.6. The second kappa shape index (κ2) is 8.91. The summed E-state index contributed by atoms with van der Waals surface area (Å²) in [5.74, 6) is 0.734. The Morgan fingerprint density at radius 1 is 1.04 bits per heavy atom. The van der Waals surface area contributed by atoms with E-state index in [0.717, 1.165) is 21.8 Å². The molecule has 2 aromatic heterocycles. The van der Waals surface area contributed by atoms with Crippen LogP contribution >= 0.6 is 23.1 Å². The summed E-state index contributed by atoms with van der Waals surface area (Å²) in [4.78, 5) is 19.2. The lowest BCUT2D eigenvalue weighted by Gasteiger charge is -2.03. The molecule has 0 radical (unpaired) electrons. The Kier molecular flexibility index (Phi) is 5.89. The van der Waals surface area contributed by atoms with Gasteiger partial charge in [-0.05, 0) is 23.8 Å². The third kappa shape index (κ3) is 4.71. The van der Waals surface area contributed by atoms with Crippen LogP contribution < -0.4 is 5.32 Å². The van der Waals surface area contributed by atoms with Gasteiger partial charge in [-0.1, -0.05) is 48.5 Å². The smallest absolute Gasteiger partial charge is 0.293 e. The van der Waals surface area contributed by atoms with Gasteiger partial charge >= 0.3 is 0 Å². The summed E-state index contributed by atoms with van der Waals surface area (Å²) in [6, 6.07) is 22.1. The molecular formula is C22H18N2O2S2. The Morgan fingerprint density at radius 3 is 2.57 bits per heavy atom. The van der Waals surface area contributed by atoms with Crippen molar-refractivity contribution in [2.75, 3.05) is 5.32 Å². The minimum atomic E-state index is -0.269. The van der Waals surface area contributed by atoms with Crippen molar-refractivity contribution < 1.29 is 9.21 Å². The molecule has 2 aromatic carbocycles. The number of thiazole rings is 1. The van der Waals surface area contributed by atoms with E-state index in [9.17, 15) is 4.79 Å². The first-order valence-electron chi connectivity index (χ1n) is 8.82. The van der Waals surface area contributed by atoms with Gasteiger partial charge in [0, 0.05) is 33.7 Å². The molecule has 0 aliphatic rings. The number of carbonyl (C=O) groups is 1. The Hall–Kier alpha value is -2.83. The van der Waals surface area contributed by atoms with E-state index in [4.69, 9.17) is 4.42 Å². The molecule has 0 saturated carbocycles. The molecule has 4 nitrogen and oxygen atoms in total. The molecule has 4 rings (SSSR count). The Bertz CT molecular complexity index is 1040. The Balaban J connectivity index is 1.39. The minimum Gasteiger partial charge on any atom is -0.459 e. The van der Waals surface area contributed by atoms with Crippen molar-refractivity contribution in [1.82, 2.24) is 4.98 Å². The van der Waals surface area contributed by atoms with Crippen LogP contribution in [-0.2, 0) is 12.2 Å². The van der Waals surface area contributed by atoms with Gasteiger partial charge in [0.2, 0.25) is 0 Å². The summed E-state index contributed by atoms with van der Waals surface area (Å²) in [5.41, 5.74) is 2.09. The summed E-state index contributed by atoms with van der Waals surface area (Å²) >= 11 is 3.15. The maximum Gasteiger partial charge on any atom is 0.293 e. The van der Waals surface area contributed by atoms with Crippen molar-refractivity contribution >= 4 is 34.1 Å². The molecule has 1 amide bonds. The number of thioether (sulfide) groups is 1. The molecule has 1 N–H and O–H groups in total. The highest BCUT2D eigenvalue weighted by molar-refractivity contribution is 7.98. The summed E-state index contributed by atoms with van der Waals surface area (Å²) in [7, 11) is 0. The zero-order valence-electron chi connectivity index (χ0n) is 15.0. The fraction of sp³-hybridized carbons (Fsp3) is 0.0909. The van der Waals surface area contributed by atoms with Gasteiger partial charge < -0.3 is 4.42 Å². The minimum absolute atomic E-state index is 0.269. The predicted molar refractivity (Wildman–Crippen MR) is 114 cm³/mol. The van der Waals surface area contributed by atoms with E-state index in [1.165, 1.54) is 16.9 Å². The van der Waals surface area contributed by atoms with E-state index >= 15 is 0 Å². The lowest BCUT2D eigenvalue weighted by Crippen LogP contribution is -2.12. The summed E-state index contributed by atoms with van der Waals surface area (Å²) in [6.07, 6.45) is 4.16. The van der Waals surface area contributed by atoms with Crippen LogP contribution in [0.5, 0.6) is 0 Å². The first-order chi connectivity index (χ1) is 13.8. The van der Waals surface area contributed by atoms with E-state index in [1.807, 2.05) is 60.8 Å². The largest absolute Gasteiger partial charge is 0.459 e. The van der Waals surface area contributed by atoms with Crippen LogP contribution in [0.25, 0.3) is 0 Å². The summed E-state index contributed by atoms with van der Waals surface area (Å²) in [6.45, 7) is 0. The monoisotopic (exact) mass is 406 g/mol. The highest BCUT2D eigenvalue weighted by Crippen LogP contribution is 2.26. The fourth-order valence-corrected chi connectivity index (χ4v) is 4.47. The van der Waals surface area contributed by atoms with E-state index < -0.39 is 0 Å². The molecule has 0 bridgehead atoms. The number of hydrogen-bond donors (Lipinski definition) is 1. The molecule has 0 spiro atoms. The maximum absolute atomic E-state index is 12.6. The number of carbonyl (C=O) groups excluding carboxylic acids is 1. The summed E-state index contributed by atoms with van der Waals surface area (Å²) < 4.78 is 5.44. The number of rotatable bonds is 7. The Morgan fingerprint density at radius 2 is 1.79 bits per heavy atom. The quantitative estimate of drug-likeness (QED) is 0.390. The SMILES string of the molecule is O=C(Nc1ncc(Cc2ccccc2)s1)c1occc1CSc1ccccc1. The number of hydrogen-bond acceptors (Lipinski definition) is 5. The van der Waals surface area contributed by atoms with Crippen LogP contribution in [0.3, 0.4) is 0 Å². The van der Waals surface area contributed by atoms with Crippen molar-refractivity contribution in [3.63, 3.8) is 0 Å². The average molecular weight is 407 g/mol. The number of nitrogens with zero attached hydrogens (tertiary/aromatic N) is 1. The van der Waals surface area contributed by atoms with Crippen molar-refractivity contribution in [2.24, 2.45) is 0 Å². The van der Waals surface area contributed by atoms with E-state index in [0.29, 0.717) is 16.6 Å². The first-order valence-corrected chi connectivity index (χ1v) is 10.6. The standard InChI is InChI=1S/C22H18N2O2S2/c25-21(20-17(11-12-26-20)15-27-18-9-5-2-6-10-18)24-22-23-14-19(28-22)13-16-7-3-1-4-8-16/h1-12,14H,13,15H2,(H,23,24,25). The third-order valence-corrected chi connectivity index (χ3v) is 6.06. The number of benzene rings is 2. The lowest BCUT2D eigenvalue weighted by molar-refractivity contribution is 0.0995. The van der Waals surface area contributed by atoms with Crippen LogP contribution in [0.15, 0.2) is 88.5 Å². The van der Waals surface area contributed by atoms with Gasteiger partial charge in [0.05, 0.1) is 6.26 Å². The molecular weight excluding hydrogens is 388 g/mol. The van der Waals surface area contributed by atoms with Crippen molar-refractivity contribution in [2.45, 2.75) is 17.1 Å². The van der Waals surface area contributed by atoms with Gasteiger partial charge in [0.25, 0.3) is 5.91 Å². The van der Waals surface area contributed by atoms with Gasteiger partial charge in [-0.25, -0.2) is 4.98 Å². The number of aromatic nitrogens is 1.